The van der Waals surface area contributed by atoms with Crippen molar-refractivity contribution in [3.05, 3.63) is 84.4 Å². The van der Waals surface area contributed by atoms with Gasteiger partial charge in [0.15, 0.2) is 0 Å². The van der Waals surface area contributed by atoms with E-state index in [1.807, 2.05) is 60.7 Å². The molecule has 0 radical (unpaired) electrons. The van der Waals surface area contributed by atoms with Gasteiger partial charge in [-0.15, -0.1) is 0 Å². The smallest absolute Gasteiger partial charge is 0.243 e. The van der Waals surface area contributed by atoms with Crippen LogP contribution in [0.3, 0.4) is 0 Å². The second kappa shape index (κ2) is 7.80. The van der Waals surface area contributed by atoms with Gasteiger partial charge in [0.1, 0.15) is 0 Å². The lowest BCUT2D eigenvalue weighted by Gasteiger charge is -2.09. The maximum absolute atomic E-state index is 12.1. The Labute approximate surface area is 146 Å². The number of nitriles is 1. The first-order valence-corrected chi connectivity index (χ1v) is 7.94. The molecule has 1 amide bonds. The largest absolute Gasteiger partial charge is 0.376 e. The van der Waals surface area contributed by atoms with Gasteiger partial charge in [-0.2, -0.15) is 5.26 Å². The van der Waals surface area contributed by atoms with E-state index in [9.17, 15) is 4.79 Å². The van der Waals surface area contributed by atoms with Gasteiger partial charge in [0, 0.05) is 11.4 Å². The van der Waals surface area contributed by atoms with Gasteiger partial charge in [0.2, 0.25) is 5.91 Å². The molecule has 0 aliphatic heterocycles. The molecule has 0 atom stereocenters. The van der Waals surface area contributed by atoms with E-state index in [4.69, 9.17) is 5.26 Å². The summed E-state index contributed by atoms with van der Waals surface area (Å²) >= 11 is 0. The summed E-state index contributed by atoms with van der Waals surface area (Å²) in [6, 6.07) is 26.9. The highest BCUT2D eigenvalue weighted by molar-refractivity contribution is 5.94. The minimum absolute atomic E-state index is 0.134. The molecule has 3 aromatic rings. The van der Waals surface area contributed by atoms with Gasteiger partial charge in [-0.25, -0.2) is 0 Å². The quantitative estimate of drug-likeness (QED) is 0.735. The zero-order valence-electron chi connectivity index (χ0n) is 13.6. The Bertz CT molecular complexity index is 896. The number of rotatable bonds is 5. The van der Waals surface area contributed by atoms with Crippen LogP contribution in [0.15, 0.2) is 78.9 Å². The van der Waals surface area contributed by atoms with Crippen LogP contribution in [0, 0.1) is 11.3 Å². The fraction of sp³-hybridized carbons (Fsp3) is 0.0476. The standard InChI is InChI=1S/C21H17N3O/c22-14-16-5-4-8-20(13-16)23-15-21(25)24-19-11-9-18(10-12-19)17-6-2-1-3-7-17/h1-13,23H,15H2,(H,24,25). The minimum Gasteiger partial charge on any atom is -0.376 e. The van der Waals surface area contributed by atoms with E-state index in [1.165, 1.54) is 0 Å². The molecular formula is C21H17N3O. The first-order valence-electron chi connectivity index (χ1n) is 7.94. The second-order valence-corrected chi connectivity index (χ2v) is 5.54. The molecule has 0 spiro atoms. The van der Waals surface area contributed by atoms with Crippen molar-refractivity contribution in [3.63, 3.8) is 0 Å². The van der Waals surface area contributed by atoms with Gasteiger partial charge in [-0.3, -0.25) is 4.79 Å². The lowest BCUT2D eigenvalue weighted by atomic mass is 10.1. The summed E-state index contributed by atoms with van der Waals surface area (Å²) in [5, 5.41) is 14.7. The molecule has 4 nitrogen and oxygen atoms in total. The van der Waals surface area contributed by atoms with E-state index in [2.05, 4.69) is 16.7 Å². The van der Waals surface area contributed by atoms with Crippen molar-refractivity contribution >= 4 is 17.3 Å². The van der Waals surface area contributed by atoms with E-state index in [0.29, 0.717) is 5.56 Å². The van der Waals surface area contributed by atoms with Crippen molar-refractivity contribution in [2.45, 2.75) is 0 Å². The Morgan fingerprint density at radius 2 is 1.56 bits per heavy atom. The first kappa shape index (κ1) is 16.3. The number of benzene rings is 3. The van der Waals surface area contributed by atoms with Crippen molar-refractivity contribution in [3.8, 4) is 17.2 Å². The third-order valence-corrected chi connectivity index (χ3v) is 3.72. The van der Waals surface area contributed by atoms with Gasteiger partial charge in [0.25, 0.3) is 0 Å². The van der Waals surface area contributed by atoms with Crippen molar-refractivity contribution in [1.29, 1.82) is 5.26 Å². The number of nitrogens with zero attached hydrogens (tertiary/aromatic N) is 1. The lowest BCUT2D eigenvalue weighted by Crippen LogP contribution is -2.21. The number of nitrogens with one attached hydrogen (secondary N) is 2. The van der Waals surface area contributed by atoms with Gasteiger partial charge >= 0.3 is 0 Å². The zero-order chi connectivity index (χ0) is 17.5. The molecule has 0 aromatic heterocycles. The molecule has 0 aliphatic carbocycles. The molecule has 0 aliphatic rings. The van der Waals surface area contributed by atoms with Crippen LogP contribution in [0.2, 0.25) is 0 Å². The van der Waals surface area contributed by atoms with Crippen molar-refractivity contribution in [2.24, 2.45) is 0 Å². The fourth-order valence-corrected chi connectivity index (χ4v) is 2.46. The van der Waals surface area contributed by atoms with E-state index in [1.54, 1.807) is 18.2 Å². The van der Waals surface area contributed by atoms with Gasteiger partial charge in [-0.05, 0) is 41.5 Å². The maximum atomic E-state index is 12.1. The van der Waals surface area contributed by atoms with Crippen LogP contribution in [0.5, 0.6) is 0 Å². The summed E-state index contributed by atoms with van der Waals surface area (Å²) in [4.78, 5) is 12.1. The van der Waals surface area contributed by atoms with Crippen LogP contribution in [0.25, 0.3) is 11.1 Å². The summed E-state index contributed by atoms with van der Waals surface area (Å²) in [6.07, 6.45) is 0. The normalized spacial score (nSPS) is 9.88. The minimum atomic E-state index is -0.144. The SMILES string of the molecule is N#Cc1cccc(NCC(=O)Nc2ccc(-c3ccccc3)cc2)c1. The Morgan fingerprint density at radius 1 is 0.840 bits per heavy atom. The molecule has 0 saturated heterocycles. The summed E-state index contributed by atoms with van der Waals surface area (Å²) < 4.78 is 0. The highest BCUT2D eigenvalue weighted by atomic mass is 16.1. The molecule has 0 bridgehead atoms. The third kappa shape index (κ3) is 4.46. The summed E-state index contributed by atoms with van der Waals surface area (Å²) in [7, 11) is 0. The van der Waals surface area contributed by atoms with E-state index in [0.717, 1.165) is 22.5 Å². The predicted octanol–water partition coefficient (Wildman–Crippen LogP) is 4.28. The average molecular weight is 327 g/mol. The summed E-state index contributed by atoms with van der Waals surface area (Å²) in [6.45, 7) is 0.134. The molecule has 4 heteroatoms. The molecule has 0 unspecified atom stereocenters. The molecule has 25 heavy (non-hydrogen) atoms. The molecule has 0 fully saturated rings. The van der Waals surface area contributed by atoms with Gasteiger partial charge in [-0.1, -0.05) is 48.5 Å². The maximum Gasteiger partial charge on any atom is 0.243 e. The number of anilines is 2. The van der Waals surface area contributed by atoms with Crippen LogP contribution >= 0.6 is 0 Å². The monoisotopic (exact) mass is 327 g/mol. The summed E-state index contributed by atoms with van der Waals surface area (Å²) in [5.41, 5.74) is 4.29. The average Bonchev–Trinajstić information content (AvgIpc) is 2.68. The van der Waals surface area contributed by atoms with E-state index >= 15 is 0 Å². The van der Waals surface area contributed by atoms with Gasteiger partial charge in [0.05, 0.1) is 18.2 Å². The third-order valence-electron chi connectivity index (χ3n) is 3.72. The molecule has 3 aromatic carbocycles. The molecule has 0 saturated carbocycles. The van der Waals surface area contributed by atoms with Crippen LogP contribution in [0.1, 0.15) is 5.56 Å². The topological polar surface area (TPSA) is 64.9 Å². The zero-order valence-corrected chi connectivity index (χ0v) is 13.6. The lowest BCUT2D eigenvalue weighted by molar-refractivity contribution is -0.114. The molecule has 122 valence electrons. The molecular weight excluding hydrogens is 310 g/mol. The van der Waals surface area contributed by atoms with Gasteiger partial charge < -0.3 is 10.6 Å². The molecule has 0 heterocycles. The Balaban J connectivity index is 1.57. The highest BCUT2D eigenvalue weighted by Gasteiger charge is 2.04. The number of carbonyl (C=O) groups is 1. The number of carbonyl (C=O) groups excluding carboxylic acids is 1. The Hall–Kier alpha value is -3.58. The summed E-state index contributed by atoms with van der Waals surface area (Å²) in [5.74, 6) is -0.144. The van der Waals surface area contributed by atoms with Crippen molar-refractivity contribution < 1.29 is 4.79 Å². The van der Waals surface area contributed by atoms with Crippen LogP contribution in [-0.2, 0) is 4.79 Å². The number of hydrogen-bond acceptors (Lipinski definition) is 3. The number of amides is 1. The highest BCUT2D eigenvalue weighted by Crippen LogP contribution is 2.21. The van der Waals surface area contributed by atoms with Crippen LogP contribution in [0.4, 0.5) is 11.4 Å². The van der Waals surface area contributed by atoms with E-state index < -0.39 is 0 Å². The molecule has 2 N–H and O–H groups in total. The fourth-order valence-electron chi connectivity index (χ4n) is 2.46. The predicted molar refractivity (Wildman–Crippen MR) is 100 cm³/mol. The van der Waals surface area contributed by atoms with Crippen molar-refractivity contribution in [2.75, 3.05) is 17.2 Å². The first-order chi connectivity index (χ1) is 12.2. The van der Waals surface area contributed by atoms with E-state index in [-0.39, 0.29) is 12.5 Å². The number of hydrogen-bond donors (Lipinski definition) is 2. The Kier molecular flexibility index (Phi) is 5.08. The van der Waals surface area contributed by atoms with Crippen LogP contribution in [-0.4, -0.2) is 12.5 Å². The molecule has 3 rings (SSSR count). The van der Waals surface area contributed by atoms with Crippen molar-refractivity contribution in [1.82, 2.24) is 0 Å². The second-order valence-electron chi connectivity index (χ2n) is 5.54. The van der Waals surface area contributed by atoms with Crippen LogP contribution < -0.4 is 10.6 Å². The Morgan fingerprint density at radius 3 is 2.28 bits per heavy atom.